The summed E-state index contributed by atoms with van der Waals surface area (Å²) in [4.78, 5) is 28.0. The van der Waals surface area contributed by atoms with Crippen LogP contribution in [0.15, 0.2) is 42.7 Å². The zero-order valence-corrected chi connectivity index (χ0v) is 11.0. The monoisotopic (exact) mass is 256 g/mol. The Morgan fingerprint density at radius 3 is 2.47 bits per heavy atom. The number of nitrogens with zero attached hydrogens (tertiary/aromatic N) is 2. The molecular weight excluding hydrogens is 240 g/mol. The number of carbonyl (C=O) groups is 2. The average molecular weight is 256 g/mol. The Morgan fingerprint density at radius 2 is 1.95 bits per heavy atom. The van der Waals surface area contributed by atoms with Gasteiger partial charge in [0.2, 0.25) is 0 Å². The first-order valence-corrected chi connectivity index (χ1v) is 6.15. The van der Waals surface area contributed by atoms with E-state index in [-0.39, 0.29) is 18.0 Å². The summed E-state index contributed by atoms with van der Waals surface area (Å²) in [5, 5.41) is 0. The number of Topliss-reactive ketones (excluding diaryl/α,β-unsaturated/α-hetero) is 2. The molecule has 98 valence electrons. The Balaban J connectivity index is 2.21. The van der Waals surface area contributed by atoms with Crippen LogP contribution in [-0.4, -0.2) is 21.1 Å². The minimum Gasteiger partial charge on any atom is -0.332 e. The molecule has 0 aliphatic rings. The lowest BCUT2D eigenvalue weighted by molar-refractivity contribution is -0.118. The number of hydrogen-bond acceptors (Lipinski definition) is 3. The predicted molar refractivity (Wildman–Crippen MR) is 72.0 cm³/mol. The molecule has 2 rings (SSSR count). The van der Waals surface area contributed by atoms with Gasteiger partial charge in [0.25, 0.3) is 0 Å². The van der Waals surface area contributed by atoms with Gasteiger partial charge in [-0.2, -0.15) is 0 Å². The van der Waals surface area contributed by atoms with Gasteiger partial charge in [0.1, 0.15) is 5.78 Å². The first kappa shape index (κ1) is 13.2. The maximum atomic E-state index is 12.2. The second-order valence-electron chi connectivity index (χ2n) is 4.56. The van der Waals surface area contributed by atoms with Gasteiger partial charge >= 0.3 is 0 Å². The van der Waals surface area contributed by atoms with Gasteiger partial charge in [0.05, 0.1) is 0 Å². The van der Waals surface area contributed by atoms with E-state index < -0.39 is 5.92 Å². The van der Waals surface area contributed by atoms with Crippen molar-refractivity contribution in [3.8, 4) is 0 Å². The third kappa shape index (κ3) is 2.96. The van der Waals surface area contributed by atoms with Crippen molar-refractivity contribution in [2.45, 2.75) is 19.3 Å². The number of carbonyl (C=O) groups excluding carboxylic acids is 2. The minimum absolute atomic E-state index is 0.00578. The van der Waals surface area contributed by atoms with E-state index in [4.69, 9.17) is 0 Å². The zero-order chi connectivity index (χ0) is 13.8. The molecule has 1 aromatic carbocycles. The van der Waals surface area contributed by atoms with E-state index >= 15 is 0 Å². The van der Waals surface area contributed by atoms with Gasteiger partial charge in [-0.3, -0.25) is 9.59 Å². The van der Waals surface area contributed by atoms with E-state index in [0.717, 1.165) is 5.56 Å². The molecule has 0 fully saturated rings. The highest BCUT2D eigenvalue weighted by Gasteiger charge is 2.22. The molecule has 2 aromatic rings. The molecule has 1 heterocycles. The van der Waals surface area contributed by atoms with Crippen LogP contribution in [0.2, 0.25) is 0 Å². The van der Waals surface area contributed by atoms with E-state index in [9.17, 15) is 9.59 Å². The van der Waals surface area contributed by atoms with Crippen molar-refractivity contribution >= 4 is 11.6 Å². The zero-order valence-electron chi connectivity index (χ0n) is 11.0. The second kappa shape index (κ2) is 5.61. The molecule has 0 saturated heterocycles. The Labute approximate surface area is 112 Å². The lowest BCUT2D eigenvalue weighted by Crippen LogP contribution is -2.16. The van der Waals surface area contributed by atoms with Crippen LogP contribution >= 0.6 is 0 Å². The van der Waals surface area contributed by atoms with E-state index in [1.807, 2.05) is 30.3 Å². The molecule has 19 heavy (non-hydrogen) atoms. The van der Waals surface area contributed by atoms with Crippen LogP contribution in [0.1, 0.15) is 35.4 Å². The normalized spacial score (nSPS) is 12.1. The first-order valence-electron chi connectivity index (χ1n) is 6.15. The summed E-state index contributed by atoms with van der Waals surface area (Å²) in [7, 11) is 1.77. The molecule has 0 saturated carbocycles. The first-order chi connectivity index (χ1) is 9.09. The number of aryl methyl sites for hydroxylation is 1. The van der Waals surface area contributed by atoms with Crippen LogP contribution < -0.4 is 0 Å². The molecule has 4 nitrogen and oxygen atoms in total. The summed E-state index contributed by atoms with van der Waals surface area (Å²) in [6, 6.07) is 9.38. The molecule has 0 amide bonds. The minimum atomic E-state index is -0.398. The maximum absolute atomic E-state index is 12.2. The van der Waals surface area contributed by atoms with Gasteiger partial charge in [0.15, 0.2) is 11.6 Å². The van der Waals surface area contributed by atoms with E-state index in [1.165, 1.54) is 6.92 Å². The maximum Gasteiger partial charge on any atom is 0.199 e. The fourth-order valence-corrected chi connectivity index (χ4v) is 2.09. The standard InChI is InChI=1S/C15H16N2O2/c1-11(18)13(12-6-4-3-5-7-12)10-14(19)15-16-8-9-17(15)2/h3-9,13H,10H2,1-2H3. The summed E-state index contributed by atoms with van der Waals surface area (Å²) < 4.78 is 1.67. The molecule has 0 aliphatic heterocycles. The van der Waals surface area contributed by atoms with Gasteiger partial charge in [-0.05, 0) is 12.5 Å². The number of hydrogen-bond donors (Lipinski definition) is 0. The Kier molecular flexibility index (Phi) is 3.90. The molecule has 0 radical (unpaired) electrons. The van der Waals surface area contributed by atoms with Crippen LogP contribution in [0.25, 0.3) is 0 Å². The topological polar surface area (TPSA) is 52.0 Å². The van der Waals surface area contributed by atoms with E-state index in [2.05, 4.69) is 4.98 Å². The molecule has 1 unspecified atom stereocenters. The van der Waals surface area contributed by atoms with Crippen LogP contribution in [0.5, 0.6) is 0 Å². The van der Waals surface area contributed by atoms with E-state index in [1.54, 1.807) is 24.0 Å². The molecule has 4 heteroatoms. The van der Waals surface area contributed by atoms with Crippen LogP contribution in [0.4, 0.5) is 0 Å². The molecule has 0 bridgehead atoms. The number of imidazole rings is 1. The molecule has 0 N–H and O–H groups in total. The Bertz CT molecular complexity index is 587. The lowest BCUT2D eigenvalue weighted by atomic mass is 9.90. The molecule has 1 atom stereocenters. The number of aromatic nitrogens is 2. The fraction of sp³-hybridized carbons (Fsp3) is 0.267. The van der Waals surface area contributed by atoms with Crippen molar-refractivity contribution in [1.82, 2.24) is 9.55 Å². The highest BCUT2D eigenvalue weighted by atomic mass is 16.1. The SMILES string of the molecule is CC(=O)C(CC(=O)c1nccn1C)c1ccccc1. The largest absolute Gasteiger partial charge is 0.332 e. The van der Waals surface area contributed by atoms with Gasteiger partial charge in [0, 0.05) is 31.8 Å². The predicted octanol–water partition coefficient (Wildman–Crippen LogP) is 2.37. The second-order valence-corrected chi connectivity index (χ2v) is 4.56. The average Bonchev–Trinajstić information content (AvgIpc) is 2.82. The van der Waals surface area contributed by atoms with Crippen molar-refractivity contribution in [2.24, 2.45) is 7.05 Å². The van der Waals surface area contributed by atoms with Crippen LogP contribution in [0, 0.1) is 0 Å². The van der Waals surface area contributed by atoms with Crippen LogP contribution in [0.3, 0.4) is 0 Å². The third-order valence-corrected chi connectivity index (χ3v) is 3.15. The van der Waals surface area contributed by atoms with Crippen molar-refractivity contribution < 1.29 is 9.59 Å². The van der Waals surface area contributed by atoms with Crippen molar-refractivity contribution in [2.75, 3.05) is 0 Å². The quantitative estimate of drug-likeness (QED) is 0.772. The summed E-state index contributed by atoms with van der Waals surface area (Å²) in [5.74, 6) is -0.127. The van der Waals surface area contributed by atoms with Gasteiger partial charge in [-0.25, -0.2) is 4.98 Å². The van der Waals surface area contributed by atoms with Crippen LogP contribution in [-0.2, 0) is 11.8 Å². The highest BCUT2D eigenvalue weighted by Crippen LogP contribution is 2.22. The smallest absolute Gasteiger partial charge is 0.199 e. The Hall–Kier alpha value is -2.23. The number of ketones is 2. The summed E-state index contributed by atoms with van der Waals surface area (Å²) in [6.45, 7) is 1.52. The van der Waals surface area contributed by atoms with Gasteiger partial charge in [-0.1, -0.05) is 30.3 Å². The lowest BCUT2D eigenvalue weighted by Gasteiger charge is -2.13. The van der Waals surface area contributed by atoms with Gasteiger partial charge < -0.3 is 4.57 Å². The van der Waals surface area contributed by atoms with Crippen molar-refractivity contribution in [1.29, 1.82) is 0 Å². The fourth-order valence-electron chi connectivity index (χ4n) is 2.09. The highest BCUT2D eigenvalue weighted by molar-refractivity contribution is 5.97. The third-order valence-electron chi connectivity index (χ3n) is 3.15. The molecule has 0 spiro atoms. The summed E-state index contributed by atoms with van der Waals surface area (Å²) in [6.07, 6.45) is 3.46. The van der Waals surface area contributed by atoms with Crippen molar-refractivity contribution in [3.63, 3.8) is 0 Å². The molecular formula is C15H16N2O2. The number of rotatable bonds is 5. The Morgan fingerprint density at radius 1 is 1.26 bits per heavy atom. The molecule has 1 aromatic heterocycles. The van der Waals surface area contributed by atoms with Crippen molar-refractivity contribution in [3.05, 3.63) is 54.1 Å². The number of benzene rings is 1. The summed E-state index contributed by atoms with van der Waals surface area (Å²) in [5.41, 5.74) is 0.873. The molecule has 0 aliphatic carbocycles. The van der Waals surface area contributed by atoms with E-state index in [0.29, 0.717) is 5.82 Å². The van der Waals surface area contributed by atoms with Gasteiger partial charge in [-0.15, -0.1) is 0 Å². The summed E-state index contributed by atoms with van der Waals surface area (Å²) >= 11 is 0.